The van der Waals surface area contributed by atoms with Gasteiger partial charge in [0.25, 0.3) is 0 Å². The van der Waals surface area contributed by atoms with E-state index in [1.165, 1.54) is 16.7 Å². The van der Waals surface area contributed by atoms with Crippen molar-refractivity contribution < 1.29 is 9.90 Å². The van der Waals surface area contributed by atoms with Crippen LogP contribution in [0.25, 0.3) is 0 Å². The number of hydrogen-bond acceptors (Lipinski definition) is 2. The monoisotopic (exact) mass is 297 g/mol. The van der Waals surface area contributed by atoms with Gasteiger partial charge in [-0.3, -0.25) is 4.79 Å². The summed E-state index contributed by atoms with van der Waals surface area (Å²) in [7, 11) is 0. The normalized spacial score (nSPS) is 10.5. The molecule has 0 heterocycles. The van der Waals surface area contributed by atoms with Crippen molar-refractivity contribution in [1.29, 1.82) is 0 Å². The Hall–Kier alpha value is -2.29. The van der Waals surface area contributed by atoms with E-state index >= 15 is 0 Å². The minimum Gasteiger partial charge on any atom is -0.481 e. The lowest BCUT2D eigenvalue weighted by atomic mass is 10.1. The molecule has 0 radical (unpaired) electrons. The van der Waals surface area contributed by atoms with Gasteiger partial charge < -0.3 is 10.0 Å². The summed E-state index contributed by atoms with van der Waals surface area (Å²) in [5.41, 5.74) is 4.81. The fourth-order valence-corrected chi connectivity index (χ4v) is 2.55. The van der Waals surface area contributed by atoms with Crippen molar-refractivity contribution in [3.8, 4) is 0 Å². The zero-order valence-electron chi connectivity index (χ0n) is 13.2. The minimum absolute atomic E-state index is 0.143. The number of hydrogen-bond donors (Lipinski definition) is 1. The van der Waals surface area contributed by atoms with E-state index in [4.69, 9.17) is 5.11 Å². The van der Waals surface area contributed by atoms with Crippen molar-refractivity contribution in [3.63, 3.8) is 0 Å². The maximum Gasteiger partial charge on any atom is 0.305 e. The molecule has 3 heteroatoms. The molecule has 0 aliphatic carbocycles. The summed E-state index contributed by atoms with van der Waals surface area (Å²) < 4.78 is 0. The van der Waals surface area contributed by atoms with Crippen LogP contribution in [0.1, 0.15) is 30.0 Å². The van der Waals surface area contributed by atoms with E-state index < -0.39 is 5.97 Å². The van der Waals surface area contributed by atoms with E-state index in [-0.39, 0.29) is 6.42 Å². The van der Waals surface area contributed by atoms with Crippen molar-refractivity contribution in [2.24, 2.45) is 0 Å². The molecule has 0 bridgehead atoms. The number of rotatable bonds is 7. The molecular weight excluding hydrogens is 274 g/mol. The Morgan fingerprint density at radius 3 is 2.41 bits per heavy atom. The highest BCUT2D eigenvalue weighted by Crippen LogP contribution is 2.23. The zero-order valence-corrected chi connectivity index (χ0v) is 13.2. The van der Waals surface area contributed by atoms with Crippen molar-refractivity contribution in [2.75, 3.05) is 11.4 Å². The maximum absolute atomic E-state index is 11.0. The van der Waals surface area contributed by atoms with Crippen LogP contribution in [-0.2, 0) is 17.8 Å². The van der Waals surface area contributed by atoms with Gasteiger partial charge in [0.2, 0.25) is 0 Å². The second-order valence-electron chi connectivity index (χ2n) is 5.53. The molecule has 0 unspecified atom stereocenters. The molecule has 0 aliphatic rings. The van der Waals surface area contributed by atoms with Crippen molar-refractivity contribution in [1.82, 2.24) is 0 Å². The van der Waals surface area contributed by atoms with E-state index in [1.54, 1.807) is 0 Å². The Balaban J connectivity index is 2.25. The molecule has 0 saturated heterocycles. The minimum atomic E-state index is -0.761. The number of aliphatic carboxylic acids is 1. The fourth-order valence-electron chi connectivity index (χ4n) is 2.55. The number of nitrogens with zero attached hydrogens (tertiary/aromatic N) is 1. The van der Waals surface area contributed by atoms with E-state index in [0.717, 1.165) is 18.7 Å². The summed E-state index contributed by atoms with van der Waals surface area (Å²) in [6.07, 6.45) is 1.08. The van der Waals surface area contributed by atoms with E-state index in [2.05, 4.69) is 55.1 Å². The first-order chi connectivity index (χ1) is 10.6. The number of carboxylic acid groups (broad SMARTS) is 1. The Kier molecular flexibility index (Phi) is 5.59. The third-order valence-electron chi connectivity index (χ3n) is 3.80. The maximum atomic E-state index is 11.0. The summed E-state index contributed by atoms with van der Waals surface area (Å²) in [4.78, 5) is 13.1. The van der Waals surface area contributed by atoms with E-state index in [9.17, 15) is 4.79 Å². The number of aryl methyl sites for hydroxylation is 2. The van der Waals surface area contributed by atoms with Crippen molar-refractivity contribution in [2.45, 2.75) is 33.2 Å². The topological polar surface area (TPSA) is 40.5 Å². The van der Waals surface area contributed by atoms with Gasteiger partial charge in [-0.1, -0.05) is 55.0 Å². The predicted molar refractivity (Wildman–Crippen MR) is 90.3 cm³/mol. The quantitative estimate of drug-likeness (QED) is 0.838. The molecular formula is C19H23NO2. The summed E-state index contributed by atoms with van der Waals surface area (Å²) in [5.74, 6) is -0.761. The molecule has 0 saturated carbocycles. The molecule has 2 rings (SSSR count). The molecule has 0 spiro atoms. The van der Waals surface area contributed by atoms with Gasteiger partial charge in [0.15, 0.2) is 0 Å². The fraction of sp³-hybridized carbons (Fsp3) is 0.316. The van der Waals surface area contributed by atoms with Gasteiger partial charge in [-0.15, -0.1) is 0 Å². The molecule has 3 nitrogen and oxygen atoms in total. The molecule has 116 valence electrons. The Morgan fingerprint density at radius 2 is 1.77 bits per heavy atom. The standard InChI is InChI=1S/C19H23NO2/c1-3-17-6-4-5-7-18(17)20(13-12-19(21)22)14-16-10-8-15(2)9-11-16/h4-11H,3,12-14H2,1-2H3,(H,21,22). The van der Waals surface area contributed by atoms with Gasteiger partial charge in [0, 0.05) is 18.8 Å². The van der Waals surface area contributed by atoms with Gasteiger partial charge in [-0.25, -0.2) is 0 Å². The molecule has 2 aromatic rings. The van der Waals surface area contributed by atoms with Gasteiger partial charge in [0.1, 0.15) is 0 Å². The van der Waals surface area contributed by atoms with Gasteiger partial charge in [-0.05, 0) is 30.5 Å². The Morgan fingerprint density at radius 1 is 1.09 bits per heavy atom. The summed E-state index contributed by atoms with van der Waals surface area (Å²) >= 11 is 0. The lowest BCUT2D eigenvalue weighted by Crippen LogP contribution is -2.26. The van der Waals surface area contributed by atoms with Crippen LogP contribution in [0, 0.1) is 6.92 Å². The predicted octanol–water partition coefficient (Wildman–Crippen LogP) is 4.04. The van der Waals surface area contributed by atoms with Gasteiger partial charge >= 0.3 is 5.97 Å². The molecule has 0 fully saturated rings. The summed E-state index contributed by atoms with van der Waals surface area (Å²) in [6, 6.07) is 16.6. The first-order valence-corrected chi connectivity index (χ1v) is 7.70. The van der Waals surface area contributed by atoms with Crippen LogP contribution >= 0.6 is 0 Å². The van der Waals surface area contributed by atoms with Crippen LogP contribution in [0.4, 0.5) is 5.69 Å². The summed E-state index contributed by atoms with van der Waals surface area (Å²) in [6.45, 7) is 5.43. The van der Waals surface area contributed by atoms with Gasteiger partial charge in [-0.2, -0.15) is 0 Å². The third kappa shape index (κ3) is 4.35. The lowest BCUT2D eigenvalue weighted by molar-refractivity contribution is -0.136. The zero-order chi connectivity index (χ0) is 15.9. The number of carboxylic acids is 1. The first-order valence-electron chi connectivity index (χ1n) is 7.70. The average molecular weight is 297 g/mol. The molecule has 0 atom stereocenters. The number of carbonyl (C=O) groups is 1. The van der Waals surface area contributed by atoms with Gasteiger partial charge in [0.05, 0.1) is 6.42 Å². The van der Waals surface area contributed by atoms with Crippen LogP contribution in [0.2, 0.25) is 0 Å². The Labute approximate surface area is 132 Å². The molecule has 0 amide bonds. The summed E-state index contributed by atoms with van der Waals surface area (Å²) in [5, 5.41) is 9.01. The smallest absolute Gasteiger partial charge is 0.305 e. The first kappa shape index (κ1) is 16.1. The number of anilines is 1. The highest BCUT2D eigenvalue weighted by molar-refractivity contribution is 5.68. The van der Waals surface area contributed by atoms with E-state index in [0.29, 0.717) is 6.54 Å². The molecule has 0 aliphatic heterocycles. The lowest BCUT2D eigenvalue weighted by Gasteiger charge is -2.26. The molecule has 22 heavy (non-hydrogen) atoms. The number of benzene rings is 2. The van der Waals surface area contributed by atoms with Crippen LogP contribution in [-0.4, -0.2) is 17.6 Å². The molecule has 1 N–H and O–H groups in total. The average Bonchev–Trinajstić information content (AvgIpc) is 2.53. The second kappa shape index (κ2) is 7.64. The second-order valence-corrected chi connectivity index (χ2v) is 5.53. The van der Waals surface area contributed by atoms with Crippen LogP contribution in [0.15, 0.2) is 48.5 Å². The largest absolute Gasteiger partial charge is 0.481 e. The number of para-hydroxylation sites is 1. The van der Waals surface area contributed by atoms with Crippen molar-refractivity contribution >= 4 is 11.7 Å². The molecule has 0 aromatic heterocycles. The van der Waals surface area contributed by atoms with Crippen LogP contribution < -0.4 is 4.90 Å². The van der Waals surface area contributed by atoms with Crippen LogP contribution in [0.5, 0.6) is 0 Å². The van der Waals surface area contributed by atoms with Crippen molar-refractivity contribution in [3.05, 3.63) is 65.2 Å². The highest BCUT2D eigenvalue weighted by atomic mass is 16.4. The van der Waals surface area contributed by atoms with Crippen LogP contribution in [0.3, 0.4) is 0 Å². The SMILES string of the molecule is CCc1ccccc1N(CCC(=O)O)Cc1ccc(C)cc1. The Bertz CT molecular complexity index is 620. The van der Waals surface area contributed by atoms with E-state index in [1.807, 2.05) is 12.1 Å². The molecule has 2 aromatic carbocycles. The highest BCUT2D eigenvalue weighted by Gasteiger charge is 2.12. The third-order valence-corrected chi connectivity index (χ3v) is 3.80.